The molecule has 18 heavy (non-hydrogen) atoms. The zero-order valence-electron chi connectivity index (χ0n) is 10.6. The van der Waals surface area contributed by atoms with Gasteiger partial charge in [0.1, 0.15) is 0 Å². The molecule has 1 aliphatic carbocycles. The summed E-state index contributed by atoms with van der Waals surface area (Å²) in [6, 6.07) is 7.57. The van der Waals surface area contributed by atoms with Crippen LogP contribution < -0.4 is 5.73 Å². The summed E-state index contributed by atoms with van der Waals surface area (Å²) >= 11 is 0. The zero-order chi connectivity index (χ0) is 13.0. The van der Waals surface area contributed by atoms with Crippen LogP contribution in [0.5, 0.6) is 0 Å². The summed E-state index contributed by atoms with van der Waals surface area (Å²) in [7, 11) is -2.99. The molecule has 3 nitrogen and oxygen atoms in total. The van der Waals surface area contributed by atoms with Gasteiger partial charge in [0.05, 0.1) is 11.0 Å². The number of rotatable bonds is 4. The average Bonchev–Trinajstić information content (AvgIpc) is 2.40. The maximum atomic E-state index is 12.3. The molecule has 1 aromatic rings. The summed E-state index contributed by atoms with van der Waals surface area (Å²) in [5, 5.41) is -0.125. The van der Waals surface area contributed by atoms with Crippen LogP contribution in [0.2, 0.25) is 0 Å². The molecule has 4 heteroatoms. The monoisotopic (exact) mass is 267 g/mol. The standard InChI is InChI=1S/C14H21NO2S/c15-10-12-6-8-13(9-7-12)11-18(16,17)14-4-2-1-3-5-14/h6-9,14H,1-5,10-11,15H2. The Bertz CT molecular complexity index is 473. The van der Waals surface area contributed by atoms with Gasteiger partial charge in [0.25, 0.3) is 0 Å². The summed E-state index contributed by atoms with van der Waals surface area (Å²) in [6.45, 7) is 0.496. The Balaban J connectivity index is 2.06. The van der Waals surface area contributed by atoms with E-state index in [9.17, 15) is 8.42 Å². The van der Waals surface area contributed by atoms with Gasteiger partial charge in [-0.15, -0.1) is 0 Å². The van der Waals surface area contributed by atoms with E-state index in [-0.39, 0.29) is 11.0 Å². The number of hydrogen-bond donors (Lipinski definition) is 1. The quantitative estimate of drug-likeness (QED) is 0.911. The molecule has 0 atom stereocenters. The first-order valence-corrected chi connectivity index (χ1v) is 8.33. The topological polar surface area (TPSA) is 60.2 Å². The molecule has 0 unspecified atom stereocenters. The fourth-order valence-corrected chi connectivity index (χ4v) is 4.49. The van der Waals surface area contributed by atoms with Gasteiger partial charge in [0, 0.05) is 6.54 Å². The van der Waals surface area contributed by atoms with E-state index < -0.39 is 9.84 Å². The molecule has 0 heterocycles. The van der Waals surface area contributed by atoms with Crippen LogP contribution in [0.25, 0.3) is 0 Å². The second-order valence-corrected chi connectivity index (χ2v) is 7.37. The Morgan fingerprint density at radius 1 is 1.00 bits per heavy atom. The number of benzene rings is 1. The van der Waals surface area contributed by atoms with Gasteiger partial charge in [-0.2, -0.15) is 0 Å². The molecular weight excluding hydrogens is 246 g/mol. The average molecular weight is 267 g/mol. The van der Waals surface area contributed by atoms with E-state index >= 15 is 0 Å². The van der Waals surface area contributed by atoms with Gasteiger partial charge in [-0.25, -0.2) is 8.42 Å². The lowest BCUT2D eigenvalue weighted by molar-refractivity contribution is 0.483. The van der Waals surface area contributed by atoms with Gasteiger partial charge < -0.3 is 5.73 Å². The van der Waals surface area contributed by atoms with Crippen LogP contribution in [-0.2, 0) is 22.1 Å². The lowest BCUT2D eigenvalue weighted by Gasteiger charge is -2.21. The highest BCUT2D eigenvalue weighted by Gasteiger charge is 2.27. The summed E-state index contributed by atoms with van der Waals surface area (Å²) in [6.07, 6.45) is 4.95. The van der Waals surface area contributed by atoms with Gasteiger partial charge >= 0.3 is 0 Å². The van der Waals surface area contributed by atoms with Crippen molar-refractivity contribution < 1.29 is 8.42 Å². The van der Waals surface area contributed by atoms with Crippen molar-refractivity contribution in [1.29, 1.82) is 0 Å². The van der Waals surface area contributed by atoms with E-state index in [0.29, 0.717) is 6.54 Å². The van der Waals surface area contributed by atoms with Crippen LogP contribution in [0.15, 0.2) is 24.3 Å². The molecule has 1 aromatic carbocycles. The van der Waals surface area contributed by atoms with Gasteiger partial charge in [0.15, 0.2) is 9.84 Å². The van der Waals surface area contributed by atoms with Crippen LogP contribution in [0, 0.1) is 0 Å². The molecule has 0 saturated heterocycles. The van der Waals surface area contributed by atoms with Crippen LogP contribution in [0.1, 0.15) is 43.2 Å². The summed E-state index contributed by atoms with van der Waals surface area (Å²) < 4.78 is 24.6. The maximum Gasteiger partial charge on any atom is 0.157 e. The van der Waals surface area contributed by atoms with Crippen molar-refractivity contribution in [3.05, 3.63) is 35.4 Å². The van der Waals surface area contributed by atoms with Crippen molar-refractivity contribution in [1.82, 2.24) is 0 Å². The molecule has 0 bridgehead atoms. The Kier molecular flexibility index (Phi) is 4.40. The first-order valence-electron chi connectivity index (χ1n) is 6.61. The largest absolute Gasteiger partial charge is 0.326 e. The first kappa shape index (κ1) is 13.6. The highest BCUT2D eigenvalue weighted by Crippen LogP contribution is 2.26. The molecule has 0 aromatic heterocycles. The molecule has 2 N–H and O–H groups in total. The number of nitrogens with two attached hydrogens (primary N) is 1. The summed E-state index contributed by atoms with van der Waals surface area (Å²) in [4.78, 5) is 0. The van der Waals surface area contributed by atoms with Gasteiger partial charge in [-0.05, 0) is 24.0 Å². The predicted octanol–water partition coefficient (Wildman–Crippen LogP) is 2.39. The fraction of sp³-hybridized carbons (Fsp3) is 0.571. The Labute approximate surface area is 109 Å². The molecule has 0 amide bonds. The van der Waals surface area contributed by atoms with Crippen LogP contribution >= 0.6 is 0 Å². The minimum atomic E-state index is -2.99. The minimum absolute atomic E-state index is 0.125. The van der Waals surface area contributed by atoms with E-state index in [1.807, 2.05) is 24.3 Å². The highest BCUT2D eigenvalue weighted by molar-refractivity contribution is 7.91. The van der Waals surface area contributed by atoms with E-state index in [1.165, 1.54) is 6.42 Å². The Morgan fingerprint density at radius 2 is 1.56 bits per heavy atom. The molecule has 1 aliphatic rings. The first-order chi connectivity index (χ1) is 8.62. The normalized spacial score (nSPS) is 17.8. The predicted molar refractivity (Wildman–Crippen MR) is 73.8 cm³/mol. The number of sulfone groups is 1. The third kappa shape index (κ3) is 3.33. The van der Waals surface area contributed by atoms with Crippen molar-refractivity contribution in [3.8, 4) is 0 Å². The lowest BCUT2D eigenvalue weighted by atomic mass is 10.0. The van der Waals surface area contributed by atoms with Crippen molar-refractivity contribution in [2.24, 2.45) is 5.73 Å². The van der Waals surface area contributed by atoms with Crippen molar-refractivity contribution >= 4 is 9.84 Å². The Hall–Kier alpha value is -0.870. The molecule has 2 rings (SSSR count). The molecule has 0 radical (unpaired) electrons. The summed E-state index contributed by atoms with van der Waals surface area (Å²) in [5.41, 5.74) is 7.43. The molecule has 0 aliphatic heterocycles. The van der Waals surface area contributed by atoms with Crippen LogP contribution in [0.3, 0.4) is 0 Å². The molecular formula is C14H21NO2S. The van der Waals surface area contributed by atoms with Gasteiger partial charge in [-0.3, -0.25) is 0 Å². The smallest absolute Gasteiger partial charge is 0.157 e. The van der Waals surface area contributed by atoms with Crippen LogP contribution in [0.4, 0.5) is 0 Å². The van der Waals surface area contributed by atoms with E-state index in [2.05, 4.69) is 0 Å². The highest BCUT2D eigenvalue weighted by atomic mass is 32.2. The molecule has 100 valence electrons. The lowest BCUT2D eigenvalue weighted by Crippen LogP contribution is -2.25. The Morgan fingerprint density at radius 3 is 2.11 bits per heavy atom. The second-order valence-electron chi connectivity index (χ2n) is 5.09. The third-order valence-electron chi connectivity index (χ3n) is 3.69. The SMILES string of the molecule is NCc1ccc(CS(=O)(=O)C2CCCCC2)cc1. The van der Waals surface area contributed by atoms with Crippen molar-refractivity contribution in [3.63, 3.8) is 0 Å². The molecule has 1 saturated carbocycles. The van der Waals surface area contributed by atoms with Gasteiger partial charge in [-0.1, -0.05) is 43.5 Å². The molecule has 1 fully saturated rings. The van der Waals surface area contributed by atoms with E-state index in [1.54, 1.807) is 0 Å². The van der Waals surface area contributed by atoms with E-state index in [0.717, 1.165) is 36.8 Å². The van der Waals surface area contributed by atoms with Crippen molar-refractivity contribution in [2.75, 3.05) is 0 Å². The van der Waals surface area contributed by atoms with Crippen LogP contribution in [-0.4, -0.2) is 13.7 Å². The van der Waals surface area contributed by atoms with E-state index in [4.69, 9.17) is 5.73 Å². The zero-order valence-corrected chi connectivity index (χ0v) is 11.5. The third-order valence-corrected chi connectivity index (χ3v) is 5.91. The fourth-order valence-electron chi connectivity index (χ4n) is 2.55. The summed E-state index contributed by atoms with van der Waals surface area (Å²) in [5.74, 6) is 0.169. The van der Waals surface area contributed by atoms with Gasteiger partial charge in [0.2, 0.25) is 0 Å². The minimum Gasteiger partial charge on any atom is -0.326 e. The van der Waals surface area contributed by atoms with Crippen molar-refractivity contribution in [2.45, 2.75) is 49.7 Å². The maximum absolute atomic E-state index is 12.3. The second kappa shape index (κ2) is 5.85. The molecule has 0 spiro atoms. The number of hydrogen-bond acceptors (Lipinski definition) is 3.